The second-order valence-electron chi connectivity index (χ2n) is 5.46. The van der Waals surface area contributed by atoms with Gasteiger partial charge in [-0.05, 0) is 38.8 Å². The second-order valence-corrected chi connectivity index (χ2v) is 5.46. The fraction of sp³-hybridized carbons (Fsp3) is 0.588. The highest BCUT2D eigenvalue weighted by Crippen LogP contribution is 2.13. The molecule has 0 amide bonds. The number of carbonyl (C=O) groups is 1. The van der Waals surface area contributed by atoms with Gasteiger partial charge in [0.15, 0.2) is 5.78 Å². The highest BCUT2D eigenvalue weighted by atomic mass is 16.5. The first-order chi connectivity index (χ1) is 9.49. The topological polar surface area (TPSA) is 29.5 Å². The van der Waals surface area contributed by atoms with Crippen molar-refractivity contribution in [1.29, 1.82) is 0 Å². The van der Waals surface area contributed by atoms with E-state index >= 15 is 0 Å². The van der Waals surface area contributed by atoms with Gasteiger partial charge < -0.3 is 4.74 Å². The Morgan fingerprint density at radius 3 is 2.65 bits per heavy atom. The molecule has 0 aliphatic heterocycles. The number of rotatable bonds is 8. The SMILES string of the molecule is CCC(C)N(CCOC)CC(=O)c1cc(C)ccc1C. The van der Waals surface area contributed by atoms with E-state index in [2.05, 4.69) is 18.7 Å². The molecule has 0 aliphatic carbocycles. The summed E-state index contributed by atoms with van der Waals surface area (Å²) in [6, 6.07) is 6.44. The highest BCUT2D eigenvalue weighted by Gasteiger charge is 2.18. The largest absolute Gasteiger partial charge is 0.383 e. The maximum absolute atomic E-state index is 12.5. The molecule has 0 spiro atoms. The van der Waals surface area contributed by atoms with E-state index in [0.717, 1.165) is 29.7 Å². The van der Waals surface area contributed by atoms with Crippen LogP contribution in [0, 0.1) is 13.8 Å². The van der Waals surface area contributed by atoms with Gasteiger partial charge in [-0.1, -0.05) is 24.6 Å². The Labute approximate surface area is 122 Å². The van der Waals surface area contributed by atoms with Crippen molar-refractivity contribution in [2.24, 2.45) is 0 Å². The maximum atomic E-state index is 12.5. The minimum absolute atomic E-state index is 0.197. The van der Waals surface area contributed by atoms with Gasteiger partial charge in [0.2, 0.25) is 0 Å². The highest BCUT2D eigenvalue weighted by molar-refractivity contribution is 5.99. The predicted molar refractivity (Wildman–Crippen MR) is 83.4 cm³/mol. The molecule has 0 saturated heterocycles. The molecule has 0 aliphatic rings. The molecule has 1 aromatic carbocycles. The molecule has 0 fully saturated rings. The lowest BCUT2D eigenvalue weighted by Gasteiger charge is -2.27. The van der Waals surface area contributed by atoms with E-state index in [-0.39, 0.29) is 5.78 Å². The molecule has 0 radical (unpaired) electrons. The summed E-state index contributed by atoms with van der Waals surface area (Å²) in [6.45, 7) is 10.2. The van der Waals surface area contributed by atoms with Crippen LogP contribution in [0.1, 0.15) is 41.8 Å². The summed E-state index contributed by atoms with van der Waals surface area (Å²) in [4.78, 5) is 14.7. The van der Waals surface area contributed by atoms with Gasteiger partial charge >= 0.3 is 0 Å². The van der Waals surface area contributed by atoms with Crippen molar-refractivity contribution in [3.8, 4) is 0 Å². The molecule has 0 aromatic heterocycles. The summed E-state index contributed by atoms with van der Waals surface area (Å²) in [7, 11) is 1.70. The molecule has 3 nitrogen and oxygen atoms in total. The standard InChI is InChI=1S/C17H27NO2/c1-6-15(4)18(9-10-20-5)12-17(19)16-11-13(2)7-8-14(16)3/h7-8,11,15H,6,9-10,12H2,1-5H3. The number of aryl methyl sites for hydroxylation is 2. The van der Waals surface area contributed by atoms with Crippen LogP contribution in [0.15, 0.2) is 18.2 Å². The number of methoxy groups -OCH3 is 1. The van der Waals surface area contributed by atoms with Crippen LogP contribution < -0.4 is 0 Å². The molecule has 20 heavy (non-hydrogen) atoms. The third kappa shape index (κ3) is 4.73. The van der Waals surface area contributed by atoms with Crippen LogP contribution in [-0.4, -0.2) is 43.5 Å². The van der Waals surface area contributed by atoms with Gasteiger partial charge in [-0.15, -0.1) is 0 Å². The first-order valence-electron chi connectivity index (χ1n) is 7.33. The summed E-state index contributed by atoms with van der Waals surface area (Å²) in [5.41, 5.74) is 3.03. The van der Waals surface area contributed by atoms with Crippen molar-refractivity contribution in [2.75, 3.05) is 26.8 Å². The van der Waals surface area contributed by atoms with Crippen LogP contribution in [0.4, 0.5) is 0 Å². The van der Waals surface area contributed by atoms with E-state index in [1.165, 1.54) is 0 Å². The van der Waals surface area contributed by atoms with Crippen LogP contribution >= 0.6 is 0 Å². The molecule has 1 rings (SSSR count). The van der Waals surface area contributed by atoms with Crippen molar-refractivity contribution >= 4 is 5.78 Å². The fourth-order valence-corrected chi connectivity index (χ4v) is 2.23. The predicted octanol–water partition coefficient (Wildman–Crippen LogP) is 3.23. The van der Waals surface area contributed by atoms with Gasteiger partial charge in [0.1, 0.15) is 0 Å². The fourth-order valence-electron chi connectivity index (χ4n) is 2.23. The average Bonchev–Trinajstić information content (AvgIpc) is 2.44. The van der Waals surface area contributed by atoms with E-state index in [0.29, 0.717) is 19.2 Å². The van der Waals surface area contributed by atoms with Crippen molar-refractivity contribution in [3.05, 3.63) is 34.9 Å². The number of hydrogen-bond acceptors (Lipinski definition) is 3. The number of Topliss-reactive ketones (excluding diaryl/α,β-unsaturated/α-hetero) is 1. The van der Waals surface area contributed by atoms with Gasteiger partial charge in [-0.2, -0.15) is 0 Å². The molecular weight excluding hydrogens is 250 g/mol. The molecule has 3 heteroatoms. The van der Waals surface area contributed by atoms with Gasteiger partial charge in [0, 0.05) is 25.3 Å². The zero-order chi connectivity index (χ0) is 15.1. The monoisotopic (exact) mass is 277 g/mol. The third-order valence-corrected chi connectivity index (χ3v) is 3.84. The number of benzene rings is 1. The summed E-state index contributed by atoms with van der Waals surface area (Å²) in [5, 5.41) is 0. The molecule has 0 saturated carbocycles. The van der Waals surface area contributed by atoms with E-state index < -0.39 is 0 Å². The normalized spacial score (nSPS) is 12.7. The number of hydrogen-bond donors (Lipinski definition) is 0. The summed E-state index contributed by atoms with van der Waals surface area (Å²) in [6.07, 6.45) is 1.03. The zero-order valence-electron chi connectivity index (χ0n) is 13.4. The molecule has 1 unspecified atom stereocenters. The molecule has 1 aromatic rings. The molecule has 0 heterocycles. The van der Waals surface area contributed by atoms with E-state index in [1.807, 2.05) is 32.0 Å². The van der Waals surface area contributed by atoms with Crippen LogP contribution in [0.2, 0.25) is 0 Å². The number of ether oxygens (including phenoxy) is 1. The van der Waals surface area contributed by atoms with E-state index in [4.69, 9.17) is 4.74 Å². The molecule has 0 N–H and O–H groups in total. The van der Waals surface area contributed by atoms with Crippen LogP contribution in [0.5, 0.6) is 0 Å². The second kappa shape index (κ2) is 8.18. The molecular formula is C17H27NO2. The maximum Gasteiger partial charge on any atom is 0.177 e. The van der Waals surface area contributed by atoms with Crippen LogP contribution in [-0.2, 0) is 4.74 Å². The number of ketones is 1. The number of nitrogens with zero attached hydrogens (tertiary/aromatic N) is 1. The average molecular weight is 277 g/mol. The van der Waals surface area contributed by atoms with Crippen molar-refractivity contribution < 1.29 is 9.53 Å². The van der Waals surface area contributed by atoms with Crippen molar-refractivity contribution in [1.82, 2.24) is 4.90 Å². The Balaban J connectivity index is 2.81. The van der Waals surface area contributed by atoms with Crippen molar-refractivity contribution in [3.63, 3.8) is 0 Å². The first-order valence-corrected chi connectivity index (χ1v) is 7.33. The number of carbonyl (C=O) groups excluding carboxylic acids is 1. The Morgan fingerprint density at radius 1 is 1.35 bits per heavy atom. The summed E-state index contributed by atoms with van der Waals surface area (Å²) in [5.74, 6) is 0.197. The van der Waals surface area contributed by atoms with Gasteiger partial charge in [0.05, 0.1) is 13.2 Å². The van der Waals surface area contributed by atoms with Gasteiger partial charge in [-0.3, -0.25) is 9.69 Å². The van der Waals surface area contributed by atoms with Crippen LogP contribution in [0.3, 0.4) is 0 Å². The Hall–Kier alpha value is -1.19. The molecule has 0 bridgehead atoms. The molecule has 1 atom stereocenters. The minimum atomic E-state index is 0.197. The lowest BCUT2D eigenvalue weighted by atomic mass is 10.0. The Bertz CT molecular complexity index is 443. The smallest absolute Gasteiger partial charge is 0.177 e. The van der Waals surface area contributed by atoms with E-state index in [9.17, 15) is 4.79 Å². The third-order valence-electron chi connectivity index (χ3n) is 3.84. The first kappa shape index (κ1) is 16.9. The summed E-state index contributed by atoms with van der Waals surface area (Å²) >= 11 is 0. The lowest BCUT2D eigenvalue weighted by molar-refractivity contribution is 0.0833. The van der Waals surface area contributed by atoms with Gasteiger partial charge in [0.25, 0.3) is 0 Å². The van der Waals surface area contributed by atoms with Gasteiger partial charge in [-0.25, -0.2) is 0 Å². The molecule has 112 valence electrons. The van der Waals surface area contributed by atoms with E-state index in [1.54, 1.807) is 7.11 Å². The Morgan fingerprint density at radius 2 is 2.05 bits per heavy atom. The summed E-state index contributed by atoms with van der Waals surface area (Å²) < 4.78 is 5.14. The van der Waals surface area contributed by atoms with Crippen molar-refractivity contribution in [2.45, 2.75) is 40.2 Å². The minimum Gasteiger partial charge on any atom is -0.383 e. The lowest BCUT2D eigenvalue weighted by Crippen LogP contribution is -2.39. The van der Waals surface area contributed by atoms with Crippen LogP contribution in [0.25, 0.3) is 0 Å². The zero-order valence-corrected chi connectivity index (χ0v) is 13.4. The quantitative estimate of drug-likeness (QED) is 0.683. The Kier molecular flexibility index (Phi) is 6.89.